The lowest BCUT2D eigenvalue weighted by Gasteiger charge is -2.18. The Morgan fingerprint density at radius 2 is 1.67 bits per heavy atom. The normalized spacial score (nSPS) is 12.3. The number of fused-ring (bicyclic) bond motifs is 2. The Balaban J connectivity index is 1.67. The highest BCUT2D eigenvalue weighted by atomic mass is 16.2. The van der Waals surface area contributed by atoms with Crippen LogP contribution in [0.4, 0.5) is 0 Å². The van der Waals surface area contributed by atoms with E-state index in [1.165, 1.54) is 0 Å². The van der Waals surface area contributed by atoms with Gasteiger partial charge in [-0.15, -0.1) is 0 Å². The predicted molar refractivity (Wildman–Crippen MR) is 106 cm³/mol. The number of pyridine rings is 1. The lowest BCUT2D eigenvalue weighted by molar-refractivity contribution is -0.122. The Bertz CT molecular complexity index is 1100. The van der Waals surface area contributed by atoms with Crippen LogP contribution in [0.2, 0.25) is 0 Å². The molecule has 0 aliphatic rings. The fraction of sp³-hybridized carbons (Fsp3) is 0.190. The summed E-state index contributed by atoms with van der Waals surface area (Å²) < 4.78 is 3.69. The fourth-order valence-electron chi connectivity index (χ4n) is 3.45. The van der Waals surface area contributed by atoms with E-state index < -0.39 is 0 Å². The molecule has 4 rings (SSSR count). The topological polar surface area (TPSA) is 68.9 Å². The first kappa shape index (κ1) is 17.0. The van der Waals surface area contributed by atoms with Gasteiger partial charge in [0.15, 0.2) is 5.43 Å². The summed E-state index contributed by atoms with van der Waals surface area (Å²) in [6, 6.07) is 16.6. The highest BCUT2D eigenvalue weighted by molar-refractivity contribution is 5.94. The third kappa shape index (κ3) is 3.33. The molecule has 0 fully saturated rings. The van der Waals surface area contributed by atoms with Crippen LogP contribution in [-0.4, -0.2) is 26.3 Å². The third-order valence-electron chi connectivity index (χ3n) is 4.61. The van der Waals surface area contributed by atoms with Gasteiger partial charge in [-0.2, -0.15) is 5.10 Å². The van der Waals surface area contributed by atoms with Crippen molar-refractivity contribution in [1.82, 2.24) is 19.7 Å². The summed E-state index contributed by atoms with van der Waals surface area (Å²) in [4.78, 5) is 25.4. The van der Waals surface area contributed by atoms with Crippen molar-refractivity contribution < 1.29 is 4.79 Å². The molecular weight excluding hydrogens is 340 g/mol. The number of rotatable bonds is 5. The molecule has 0 radical (unpaired) electrons. The molecule has 2 heterocycles. The van der Waals surface area contributed by atoms with Crippen molar-refractivity contribution in [2.24, 2.45) is 0 Å². The number of carbonyl (C=O) groups is 1. The van der Waals surface area contributed by atoms with Crippen LogP contribution >= 0.6 is 0 Å². The maximum atomic E-state index is 12.8. The van der Waals surface area contributed by atoms with E-state index in [9.17, 15) is 9.59 Å². The van der Waals surface area contributed by atoms with Gasteiger partial charge in [-0.3, -0.25) is 14.3 Å². The van der Waals surface area contributed by atoms with E-state index in [-0.39, 0.29) is 23.9 Å². The second-order valence-corrected chi connectivity index (χ2v) is 6.65. The molecule has 27 heavy (non-hydrogen) atoms. The van der Waals surface area contributed by atoms with Crippen molar-refractivity contribution in [3.63, 3.8) is 0 Å². The molecule has 2 aromatic heterocycles. The van der Waals surface area contributed by atoms with Crippen LogP contribution in [-0.2, 0) is 17.9 Å². The number of nitrogens with one attached hydrogen (secondary N) is 1. The van der Waals surface area contributed by atoms with Crippen LogP contribution in [0.3, 0.4) is 0 Å². The average Bonchev–Trinajstić information content (AvgIpc) is 3.18. The minimum absolute atomic E-state index is 0.00934. The molecule has 136 valence electrons. The number of benzene rings is 2. The number of aromatic nitrogens is 3. The number of hydrogen-bond acceptors (Lipinski definition) is 3. The molecule has 1 atom stereocenters. The zero-order chi connectivity index (χ0) is 18.8. The van der Waals surface area contributed by atoms with Gasteiger partial charge in [0.25, 0.3) is 0 Å². The molecule has 0 aliphatic heterocycles. The highest BCUT2D eigenvalue weighted by Gasteiger charge is 2.14. The van der Waals surface area contributed by atoms with Crippen LogP contribution in [0.25, 0.3) is 21.8 Å². The molecule has 0 bridgehead atoms. The number of carbonyl (C=O) groups excluding carboxylic acids is 1. The Morgan fingerprint density at radius 1 is 1.04 bits per heavy atom. The van der Waals surface area contributed by atoms with Crippen LogP contribution in [0.5, 0.6) is 0 Å². The third-order valence-corrected chi connectivity index (χ3v) is 4.61. The predicted octanol–water partition coefficient (Wildman–Crippen LogP) is 2.56. The fourth-order valence-corrected chi connectivity index (χ4v) is 3.45. The first-order valence-electron chi connectivity index (χ1n) is 8.90. The zero-order valence-electron chi connectivity index (χ0n) is 15.0. The average molecular weight is 360 g/mol. The first-order valence-corrected chi connectivity index (χ1v) is 8.90. The van der Waals surface area contributed by atoms with Crippen LogP contribution < -0.4 is 10.7 Å². The molecule has 0 aliphatic carbocycles. The summed E-state index contributed by atoms with van der Waals surface area (Å²) in [6.45, 7) is 2.69. The molecular formula is C21H20N4O2. The second kappa shape index (κ2) is 7.07. The molecule has 2 aromatic carbocycles. The van der Waals surface area contributed by atoms with E-state index in [0.717, 1.165) is 11.0 Å². The summed E-state index contributed by atoms with van der Waals surface area (Å²) in [5.41, 5.74) is 1.51. The van der Waals surface area contributed by atoms with E-state index in [4.69, 9.17) is 0 Å². The van der Waals surface area contributed by atoms with E-state index in [0.29, 0.717) is 17.3 Å². The molecule has 1 N–H and O–H groups in total. The molecule has 0 saturated carbocycles. The largest absolute Gasteiger partial charge is 0.350 e. The molecule has 6 heteroatoms. The van der Waals surface area contributed by atoms with Gasteiger partial charge in [0.1, 0.15) is 6.54 Å². The minimum Gasteiger partial charge on any atom is -0.350 e. The highest BCUT2D eigenvalue weighted by Crippen LogP contribution is 2.18. The molecule has 0 saturated heterocycles. The van der Waals surface area contributed by atoms with E-state index in [2.05, 4.69) is 10.4 Å². The van der Waals surface area contributed by atoms with Crippen molar-refractivity contribution in [1.29, 1.82) is 0 Å². The Hall–Kier alpha value is -3.41. The summed E-state index contributed by atoms with van der Waals surface area (Å²) in [5.74, 6) is -0.103. The van der Waals surface area contributed by atoms with E-state index in [1.54, 1.807) is 23.0 Å². The quantitative estimate of drug-likeness (QED) is 0.556. The second-order valence-electron chi connectivity index (χ2n) is 6.65. The van der Waals surface area contributed by atoms with Crippen LogP contribution in [0.15, 0.2) is 71.8 Å². The maximum Gasteiger partial charge on any atom is 0.240 e. The van der Waals surface area contributed by atoms with Crippen molar-refractivity contribution in [2.45, 2.75) is 26.1 Å². The summed E-state index contributed by atoms with van der Waals surface area (Å²) in [7, 11) is 0. The minimum atomic E-state index is -0.103. The monoisotopic (exact) mass is 360 g/mol. The van der Waals surface area contributed by atoms with Crippen molar-refractivity contribution >= 4 is 27.7 Å². The molecule has 4 aromatic rings. The summed E-state index contributed by atoms with van der Waals surface area (Å²) >= 11 is 0. The van der Waals surface area contributed by atoms with Gasteiger partial charge < -0.3 is 9.88 Å². The molecule has 6 nitrogen and oxygen atoms in total. The SMILES string of the molecule is CC(Cn1cccn1)NC(=O)Cn1c2ccccc2c(=O)c2ccccc21. The standard InChI is InChI=1S/C21H20N4O2/c1-15(13-24-12-6-11-22-24)23-20(26)14-25-18-9-4-2-7-16(18)21(27)17-8-3-5-10-19(17)25/h2-12,15H,13-14H2,1H3,(H,23,26). The van der Waals surface area contributed by atoms with Crippen molar-refractivity contribution in [2.75, 3.05) is 0 Å². The smallest absolute Gasteiger partial charge is 0.240 e. The van der Waals surface area contributed by atoms with Gasteiger partial charge in [0.05, 0.1) is 17.6 Å². The number of para-hydroxylation sites is 2. The van der Waals surface area contributed by atoms with Crippen molar-refractivity contribution in [3.05, 3.63) is 77.2 Å². The Labute approximate surface area is 156 Å². The van der Waals surface area contributed by atoms with E-state index >= 15 is 0 Å². The van der Waals surface area contributed by atoms with Gasteiger partial charge >= 0.3 is 0 Å². The number of nitrogens with zero attached hydrogens (tertiary/aromatic N) is 3. The summed E-state index contributed by atoms with van der Waals surface area (Å²) in [6.07, 6.45) is 3.58. The number of amides is 1. The van der Waals surface area contributed by atoms with Gasteiger partial charge in [-0.1, -0.05) is 24.3 Å². The molecule has 0 spiro atoms. The van der Waals surface area contributed by atoms with Gasteiger partial charge in [0, 0.05) is 29.2 Å². The van der Waals surface area contributed by atoms with Gasteiger partial charge in [0.2, 0.25) is 5.91 Å². The van der Waals surface area contributed by atoms with Gasteiger partial charge in [-0.25, -0.2) is 0 Å². The molecule has 1 unspecified atom stereocenters. The maximum absolute atomic E-state index is 12.8. The Morgan fingerprint density at radius 3 is 2.26 bits per heavy atom. The molecule has 1 amide bonds. The summed E-state index contributed by atoms with van der Waals surface area (Å²) in [5, 5.41) is 8.41. The Kier molecular flexibility index (Phi) is 4.46. The zero-order valence-corrected chi connectivity index (χ0v) is 15.0. The van der Waals surface area contributed by atoms with Gasteiger partial charge in [-0.05, 0) is 37.3 Å². The van der Waals surface area contributed by atoms with Crippen LogP contribution in [0, 0.1) is 0 Å². The van der Waals surface area contributed by atoms with E-state index in [1.807, 2.05) is 60.2 Å². The van der Waals surface area contributed by atoms with Crippen molar-refractivity contribution in [3.8, 4) is 0 Å². The first-order chi connectivity index (χ1) is 13.1. The number of hydrogen-bond donors (Lipinski definition) is 1. The van der Waals surface area contributed by atoms with Crippen LogP contribution in [0.1, 0.15) is 6.92 Å². The lowest BCUT2D eigenvalue weighted by atomic mass is 10.1. The lowest BCUT2D eigenvalue weighted by Crippen LogP contribution is -2.38.